The van der Waals surface area contributed by atoms with E-state index in [1.807, 2.05) is 0 Å². The number of rotatable bonds is 4. The molecule has 32 heavy (non-hydrogen) atoms. The van der Waals surface area contributed by atoms with Crippen LogP contribution in [0.2, 0.25) is 0 Å². The Labute approximate surface area is 181 Å². The molecule has 0 aliphatic heterocycles. The fourth-order valence-corrected chi connectivity index (χ4v) is 3.92. The van der Waals surface area contributed by atoms with Crippen LogP contribution in [-0.2, 0) is 31.5 Å². The van der Waals surface area contributed by atoms with Crippen molar-refractivity contribution < 1.29 is 22.4 Å². The van der Waals surface area contributed by atoms with Crippen LogP contribution in [0.25, 0.3) is 22.4 Å². The monoisotopic (exact) mass is 464 g/mol. The van der Waals surface area contributed by atoms with Crippen molar-refractivity contribution in [2.75, 3.05) is 5.32 Å². The number of hydrogen-bond acceptors (Lipinski definition) is 6. The minimum Gasteiger partial charge on any atom is -0.447 e. The second-order valence-corrected chi connectivity index (χ2v) is 7.84. The van der Waals surface area contributed by atoms with E-state index in [2.05, 4.69) is 10.3 Å². The third kappa shape index (κ3) is 3.84. The topological polar surface area (TPSA) is 99.1 Å². The van der Waals surface area contributed by atoms with Gasteiger partial charge in [0.05, 0.1) is 23.9 Å². The van der Waals surface area contributed by atoms with Gasteiger partial charge >= 0.3 is 11.9 Å². The molecule has 4 aromatic rings. The summed E-state index contributed by atoms with van der Waals surface area (Å²) in [6.07, 6.45) is -3.37. The van der Waals surface area contributed by atoms with Crippen LogP contribution in [0.5, 0.6) is 0 Å². The minimum atomic E-state index is -4.43. The van der Waals surface area contributed by atoms with Crippen LogP contribution in [0, 0.1) is 0 Å². The van der Waals surface area contributed by atoms with Crippen LogP contribution in [0.3, 0.4) is 0 Å². The molecule has 0 unspecified atom stereocenters. The number of carbonyl (C=O) groups excluding carboxylic acids is 1. The van der Waals surface area contributed by atoms with Gasteiger partial charge in [-0.15, -0.1) is 11.3 Å². The molecular formula is C20H15F3N4O4S. The second-order valence-electron chi connectivity index (χ2n) is 6.98. The molecule has 0 fully saturated rings. The molecule has 0 bridgehead atoms. The molecular weight excluding hydrogens is 449 g/mol. The Hall–Kier alpha value is -3.67. The molecule has 0 aliphatic carbocycles. The van der Waals surface area contributed by atoms with Gasteiger partial charge in [0.1, 0.15) is 5.39 Å². The fourth-order valence-electron chi connectivity index (χ4n) is 3.18. The van der Waals surface area contributed by atoms with E-state index >= 15 is 0 Å². The summed E-state index contributed by atoms with van der Waals surface area (Å²) in [5.74, 6) is -0.475. The van der Waals surface area contributed by atoms with Gasteiger partial charge in [0.25, 0.3) is 5.56 Å². The largest absolute Gasteiger partial charge is 0.447 e. The number of thiazole rings is 1. The first-order valence-corrected chi connectivity index (χ1v) is 10.0. The molecule has 3 heterocycles. The first kappa shape index (κ1) is 21.6. The molecule has 12 heteroatoms. The van der Waals surface area contributed by atoms with Gasteiger partial charge < -0.3 is 9.73 Å². The highest BCUT2D eigenvalue weighted by atomic mass is 32.1. The first-order chi connectivity index (χ1) is 15.1. The van der Waals surface area contributed by atoms with Crippen LogP contribution in [0.1, 0.15) is 11.1 Å². The first-order valence-electron chi connectivity index (χ1n) is 9.15. The van der Waals surface area contributed by atoms with E-state index in [1.165, 1.54) is 37.1 Å². The Morgan fingerprint density at radius 1 is 1.16 bits per heavy atom. The number of aromatic nitrogens is 3. The summed E-state index contributed by atoms with van der Waals surface area (Å²) in [5.41, 5.74) is -0.615. The van der Waals surface area contributed by atoms with Crippen LogP contribution in [-0.4, -0.2) is 20.0 Å². The van der Waals surface area contributed by atoms with Gasteiger partial charge in [-0.05, 0) is 12.1 Å². The third-order valence-corrected chi connectivity index (χ3v) is 5.61. The van der Waals surface area contributed by atoms with E-state index in [0.29, 0.717) is 16.8 Å². The van der Waals surface area contributed by atoms with Crippen molar-refractivity contribution in [2.24, 2.45) is 14.1 Å². The number of carbonyl (C=O) groups is 1. The fraction of sp³-hybridized carbons (Fsp3) is 0.200. The summed E-state index contributed by atoms with van der Waals surface area (Å²) >= 11 is 1.11. The lowest BCUT2D eigenvalue weighted by Crippen LogP contribution is -2.36. The number of nitrogens with zero attached hydrogens (tertiary/aromatic N) is 3. The maximum Gasteiger partial charge on any atom is 0.416 e. The van der Waals surface area contributed by atoms with E-state index in [4.69, 9.17) is 4.42 Å². The number of fused-ring (bicyclic) bond motifs is 1. The number of amides is 1. The van der Waals surface area contributed by atoms with Crippen LogP contribution in [0.4, 0.5) is 18.3 Å². The SMILES string of the molecule is Cn1c(=O)c2c(CC(=O)Nc3nc(-c4ccc(C(F)(F)F)cc4)cs3)coc2n(C)c1=O. The lowest BCUT2D eigenvalue weighted by molar-refractivity contribution is -0.137. The molecule has 0 spiro atoms. The van der Waals surface area contributed by atoms with Crippen LogP contribution in [0.15, 0.2) is 49.9 Å². The molecule has 8 nitrogen and oxygen atoms in total. The van der Waals surface area contributed by atoms with Crippen molar-refractivity contribution in [3.05, 3.63) is 67.9 Å². The van der Waals surface area contributed by atoms with Gasteiger partial charge in [-0.2, -0.15) is 13.2 Å². The van der Waals surface area contributed by atoms with Crippen molar-refractivity contribution in [1.82, 2.24) is 14.1 Å². The summed E-state index contributed by atoms with van der Waals surface area (Å²) in [6, 6.07) is 4.54. The van der Waals surface area contributed by atoms with Crippen molar-refractivity contribution in [2.45, 2.75) is 12.6 Å². The molecule has 1 N–H and O–H groups in total. The molecule has 0 radical (unpaired) electrons. The van der Waals surface area contributed by atoms with Crippen molar-refractivity contribution in [3.8, 4) is 11.3 Å². The molecule has 166 valence electrons. The highest BCUT2D eigenvalue weighted by Crippen LogP contribution is 2.32. The maximum absolute atomic E-state index is 12.7. The normalized spacial score (nSPS) is 11.8. The van der Waals surface area contributed by atoms with Gasteiger partial charge in [-0.25, -0.2) is 9.78 Å². The smallest absolute Gasteiger partial charge is 0.416 e. The zero-order valence-corrected chi connectivity index (χ0v) is 17.5. The van der Waals surface area contributed by atoms with Crippen LogP contribution >= 0.6 is 11.3 Å². The lowest BCUT2D eigenvalue weighted by Gasteiger charge is -2.06. The van der Waals surface area contributed by atoms with E-state index in [-0.39, 0.29) is 22.7 Å². The van der Waals surface area contributed by atoms with Gasteiger partial charge in [-0.3, -0.25) is 18.7 Å². The average molecular weight is 464 g/mol. The Morgan fingerprint density at radius 3 is 2.50 bits per heavy atom. The summed E-state index contributed by atoms with van der Waals surface area (Å²) in [6.45, 7) is 0. The quantitative estimate of drug-likeness (QED) is 0.500. The number of aryl methyl sites for hydroxylation is 1. The number of hydrogen-bond donors (Lipinski definition) is 1. The summed E-state index contributed by atoms with van der Waals surface area (Å²) in [4.78, 5) is 41.1. The maximum atomic E-state index is 12.7. The van der Waals surface area contributed by atoms with E-state index < -0.39 is 28.9 Å². The van der Waals surface area contributed by atoms with E-state index in [9.17, 15) is 27.6 Å². The second kappa shape index (κ2) is 7.79. The van der Waals surface area contributed by atoms with Gasteiger partial charge in [0.15, 0.2) is 5.13 Å². The predicted octanol–water partition coefficient (Wildman–Crippen LogP) is 3.15. The number of alkyl halides is 3. The van der Waals surface area contributed by atoms with Crippen molar-refractivity contribution in [3.63, 3.8) is 0 Å². The summed E-state index contributed by atoms with van der Waals surface area (Å²) in [7, 11) is 2.79. The van der Waals surface area contributed by atoms with Crippen LogP contribution < -0.4 is 16.6 Å². The number of nitrogens with one attached hydrogen (secondary N) is 1. The van der Waals surface area contributed by atoms with E-state index in [0.717, 1.165) is 28.0 Å². The number of benzene rings is 1. The molecule has 0 saturated heterocycles. The minimum absolute atomic E-state index is 0.0692. The zero-order valence-electron chi connectivity index (χ0n) is 16.7. The Morgan fingerprint density at radius 2 is 1.84 bits per heavy atom. The Kier molecular flexibility index (Phi) is 5.25. The summed E-state index contributed by atoms with van der Waals surface area (Å²) < 4.78 is 45.5. The van der Waals surface area contributed by atoms with E-state index in [1.54, 1.807) is 5.38 Å². The standard InChI is InChI=1S/C20H15F3N4O4S/c1-26-16(29)15-11(8-31-17(15)27(2)19(26)30)7-14(28)25-18-24-13(9-32-18)10-3-5-12(6-4-10)20(21,22)23/h3-6,8-9H,7H2,1-2H3,(H,24,25,28). The highest BCUT2D eigenvalue weighted by Gasteiger charge is 2.30. The average Bonchev–Trinajstić information content (AvgIpc) is 3.37. The number of anilines is 1. The Balaban J connectivity index is 1.52. The number of halogens is 3. The molecule has 1 aromatic carbocycles. The Bertz CT molecular complexity index is 1450. The molecule has 0 aliphatic rings. The predicted molar refractivity (Wildman–Crippen MR) is 112 cm³/mol. The summed E-state index contributed by atoms with van der Waals surface area (Å²) in [5, 5.41) is 4.59. The number of furan rings is 1. The zero-order chi connectivity index (χ0) is 23.2. The van der Waals surface area contributed by atoms with Crippen molar-refractivity contribution >= 4 is 33.5 Å². The third-order valence-electron chi connectivity index (χ3n) is 4.85. The van der Waals surface area contributed by atoms with Gasteiger partial charge in [0.2, 0.25) is 11.6 Å². The van der Waals surface area contributed by atoms with Gasteiger partial charge in [0, 0.05) is 30.6 Å². The lowest BCUT2D eigenvalue weighted by atomic mass is 10.1. The van der Waals surface area contributed by atoms with Crippen molar-refractivity contribution in [1.29, 1.82) is 0 Å². The molecule has 1 amide bonds. The highest BCUT2D eigenvalue weighted by molar-refractivity contribution is 7.14. The molecule has 3 aromatic heterocycles. The van der Waals surface area contributed by atoms with Gasteiger partial charge in [-0.1, -0.05) is 12.1 Å². The molecule has 4 rings (SSSR count). The molecule has 0 atom stereocenters. The molecule has 0 saturated carbocycles.